The van der Waals surface area contributed by atoms with Crippen LogP contribution < -0.4 is 16.4 Å². The van der Waals surface area contributed by atoms with E-state index in [-0.39, 0.29) is 34.4 Å². The second-order valence-electron chi connectivity index (χ2n) is 11.8. The molecule has 0 aliphatic rings. The van der Waals surface area contributed by atoms with Gasteiger partial charge in [0, 0.05) is 51.8 Å². The minimum absolute atomic E-state index is 0.0824. The van der Waals surface area contributed by atoms with Crippen molar-refractivity contribution in [1.82, 2.24) is 9.88 Å². The first-order chi connectivity index (χ1) is 21.4. The third-order valence-corrected chi connectivity index (χ3v) is 7.92. The average molecular weight is 604 g/mol. The Hall–Kier alpha value is -5.44. The summed E-state index contributed by atoms with van der Waals surface area (Å²) >= 11 is 0. The SMILES string of the molecule is CCn1c2cc(-c3ccc(C(=O)NCC(C)C)cc3C(=O)O)c(C(=O)Nc3ccc(C(=N)N)cc3)cc2c2cc(C)cc(C)c21. The zero-order valence-corrected chi connectivity index (χ0v) is 26.0. The number of benzene rings is 4. The quantitative estimate of drug-likeness (QED) is 0.0936. The molecule has 1 aromatic heterocycles. The fourth-order valence-corrected chi connectivity index (χ4v) is 5.84. The zero-order chi connectivity index (χ0) is 32.6. The predicted molar refractivity (Wildman–Crippen MR) is 180 cm³/mol. The second-order valence-corrected chi connectivity index (χ2v) is 11.8. The Morgan fingerprint density at radius 1 is 0.867 bits per heavy atom. The Morgan fingerprint density at radius 2 is 1.56 bits per heavy atom. The lowest BCUT2D eigenvalue weighted by molar-refractivity contribution is 0.0697. The highest BCUT2D eigenvalue weighted by molar-refractivity contribution is 6.18. The molecule has 0 aliphatic heterocycles. The number of amidine groups is 1. The van der Waals surface area contributed by atoms with Crippen LogP contribution in [-0.4, -0.2) is 39.8 Å². The van der Waals surface area contributed by atoms with E-state index in [9.17, 15) is 19.5 Å². The Balaban J connectivity index is 1.74. The van der Waals surface area contributed by atoms with Crippen LogP contribution in [0.3, 0.4) is 0 Å². The molecule has 5 rings (SSSR count). The van der Waals surface area contributed by atoms with Gasteiger partial charge in [0.25, 0.3) is 11.8 Å². The number of rotatable bonds is 9. The van der Waals surface area contributed by atoms with Crippen LogP contribution in [0.1, 0.15) is 68.5 Å². The van der Waals surface area contributed by atoms with Crippen molar-refractivity contribution in [1.29, 1.82) is 5.41 Å². The Kier molecular flexibility index (Phi) is 8.46. The number of nitrogens with zero attached hydrogens (tertiary/aromatic N) is 1. The van der Waals surface area contributed by atoms with Gasteiger partial charge in [0.1, 0.15) is 5.84 Å². The molecule has 0 radical (unpaired) electrons. The van der Waals surface area contributed by atoms with Gasteiger partial charge < -0.3 is 26.0 Å². The monoisotopic (exact) mass is 603 g/mol. The highest BCUT2D eigenvalue weighted by Crippen LogP contribution is 2.38. The number of amides is 2. The summed E-state index contributed by atoms with van der Waals surface area (Å²) in [5, 5.41) is 25.6. The number of nitrogen functional groups attached to an aromatic ring is 1. The van der Waals surface area contributed by atoms with E-state index in [2.05, 4.69) is 41.2 Å². The van der Waals surface area contributed by atoms with Gasteiger partial charge >= 0.3 is 5.97 Å². The van der Waals surface area contributed by atoms with E-state index in [0.29, 0.717) is 35.5 Å². The van der Waals surface area contributed by atoms with Crippen LogP contribution >= 0.6 is 0 Å². The fourth-order valence-electron chi connectivity index (χ4n) is 5.84. The summed E-state index contributed by atoms with van der Waals surface area (Å²) in [4.78, 5) is 39.5. The van der Waals surface area contributed by atoms with Gasteiger partial charge in [-0.2, -0.15) is 0 Å². The molecule has 9 nitrogen and oxygen atoms in total. The molecule has 0 saturated carbocycles. The lowest BCUT2D eigenvalue weighted by Gasteiger charge is -2.16. The molecule has 4 aromatic carbocycles. The number of fused-ring (bicyclic) bond motifs is 3. The molecular formula is C36H37N5O4. The summed E-state index contributed by atoms with van der Waals surface area (Å²) in [5.41, 5.74) is 11.9. The normalized spacial score (nSPS) is 11.2. The third kappa shape index (κ3) is 6.02. The molecule has 230 valence electrons. The first-order valence-corrected chi connectivity index (χ1v) is 14.9. The standard InChI is InChI=1S/C36H37N5O4/c1-6-41-31-17-26(25-12-9-23(15-30(25)36(44)45)34(42)39-18-19(2)3)29(16-27(31)28-14-20(4)13-21(5)32(28)41)35(43)40-24-10-7-22(8-11-24)33(37)38/h7-17,19H,6,18H2,1-5H3,(H3,37,38)(H,39,42)(H,40,43)(H,44,45). The second kappa shape index (κ2) is 12.3. The fraction of sp³-hybridized carbons (Fsp3) is 0.222. The molecule has 0 spiro atoms. The van der Waals surface area contributed by atoms with Crippen molar-refractivity contribution in [3.63, 3.8) is 0 Å². The first kappa shape index (κ1) is 31.0. The number of nitrogens with two attached hydrogens (primary N) is 1. The summed E-state index contributed by atoms with van der Waals surface area (Å²) < 4.78 is 2.18. The van der Waals surface area contributed by atoms with Gasteiger partial charge in [-0.25, -0.2) is 4.79 Å². The van der Waals surface area contributed by atoms with Gasteiger partial charge in [-0.15, -0.1) is 0 Å². The molecule has 6 N–H and O–H groups in total. The molecular weight excluding hydrogens is 566 g/mol. The molecule has 0 aliphatic carbocycles. The number of anilines is 1. The maximum Gasteiger partial charge on any atom is 0.336 e. The number of aromatic carboxylic acids is 1. The van der Waals surface area contributed by atoms with Crippen LogP contribution in [0.2, 0.25) is 0 Å². The van der Waals surface area contributed by atoms with Crippen molar-refractivity contribution in [3.8, 4) is 11.1 Å². The average Bonchev–Trinajstić information content (AvgIpc) is 3.31. The zero-order valence-electron chi connectivity index (χ0n) is 26.0. The molecule has 0 saturated heterocycles. The molecule has 2 amide bonds. The minimum atomic E-state index is -1.21. The maximum absolute atomic E-state index is 14.0. The lowest BCUT2D eigenvalue weighted by atomic mass is 9.91. The number of carboxylic acid groups (broad SMARTS) is 1. The highest BCUT2D eigenvalue weighted by atomic mass is 16.4. The number of aromatic nitrogens is 1. The summed E-state index contributed by atoms with van der Waals surface area (Å²) in [6, 6.07) is 19.1. The van der Waals surface area contributed by atoms with Gasteiger partial charge in [0.15, 0.2) is 0 Å². The summed E-state index contributed by atoms with van der Waals surface area (Å²) in [6.45, 7) is 11.2. The Morgan fingerprint density at radius 3 is 2.18 bits per heavy atom. The van der Waals surface area contributed by atoms with E-state index in [1.807, 2.05) is 32.9 Å². The van der Waals surface area contributed by atoms with Crippen LogP contribution in [0.4, 0.5) is 5.69 Å². The maximum atomic E-state index is 14.0. The Bertz CT molecular complexity index is 2000. The molecule has 0 fully saturated rings. The van der Waals surface area contributed by atoms with Gasteiger partial charge in [0.2, 0.25) is 0 Å². The van der Waals surface area contributed by atoms with E-state index < -0.39 is 11.9 Å². The number of hydrogen-bond donors (Lipinski definition) is 5. The topological polar surface area (TPSA) is 150 Å². The lowest BCUT2D eigenvalue weighted by Crippen LogP contribution is -2.27. The number of aryl methyl sites for hydroxylation is 3. The van der Waals surface area contributed by atoms with E-state index in [4.69, 9.17) is 11.1 Å². The largest absolute Gasteiger partial charge is 0.478 e. The van der Waals surface area contributed by atoms with Crippen molar-refractivity contribution in [2.24, 2.45) is 11.7 Å². The van der Waals surface area contributed by atoms with E-state index in [1.165, 1.54) is 6.07 Å². The summed E-state index contributed by atoms with van der Waals surface area (Å²) in [7, 11) is 0. The van der Waals surface area contributed by atoms with E-state index >= 15 is 0 Å². The van der Waals surface area contributed by atoms with Crippen molar-refractivity contribution in [3.05, 3.63) is 100 Å². The number of nitrogens with one attached hydrogen (secondary N) is 3. The van der Waals surface area contributed by atoms with Crippen LogP contribution in [0.15, 0.2) is 66.7 Å². The predicted octanol–water partition coefficient (Wildman–Crippen LogP) is 6.72. The van der Waals surface area contributed by atoms with Crippen molar-refractivity contribution >= 4 is 51.1 Å². The van der Waals surface area contributed by atoms with E-state index in [0.717, 1.165) is 32.9 Å². The van der Waals surface area contributed by atoms with Crippen molar-refractivity contribution < 1.29 is 19.5 Å². The third-order valence-electron chi connectivity index (χ3n) is 7.92. The van der Waals surface area contributed by atoms with Gasteiger partial charge in [-0.05, 0) is 98.0 Å². The van der Waals surface area contributed by atoms with Gasteiger partial charge in [-0.3, -0.25) is 15.0 Å². The summed E-state index contributed by atoms with van der Waals surface area (Å²) in [6.07, 6.45) is 0. The Labute approximate surface area is 261 Å². The van der Waals surface area contributed by atoms with Crippen LogP contribution in [-0.2, 0) is 6.54 Å². The molecule has 0 unspecified atom stereocenters. The van der Waals surface area contributed by atoms with Gasteiger partial charge in [-0.1, -0.05) is 31.5 Å². The molecule has 45 heavy (non-hydrogen) atoms. The molecule has 1 heterocycles. The summed E-state index contributed by atoms with van der Waals surface area (Å²) in [5.74, 6) is -1.86. The molecule has 9 heteroatoms. The van der Waals surface area contributed by atoms with Crippen LogP contribution in [0.5, 0.6) is 0 Å². The van der Waals surface area contributed by atoms with E-state index in [1.54, 1.807) is 36.4 Å². The first-order valence-electron chi connectivity index (χ1n) is 14.9. The molecule has 5 aromatic rings. The molecule has 0 atom stereocenters. The number of carbonyl (C=O) groups is 3. The van der Waals surface area contributed by atoms with Crippen molar-refractivity contribution in [2.75, 3.05) is 11.9 Å². The van der Waals surface area contributed by atoms with Crippen molar-refractivity contribution in [2.45, 2.75) is 41.2 Å². The molecule has 0 bridgehead atoms. The van der Waals surface area contributed by atoms with Crippen LogP contribution in [0, 0.1) is 25.2 Å². The number of carboxylic acids is 1. The smallest absolute Gasteiger partial charge is 0.336 e. The number of carbonyl (C=O) groups excluding carboxylic acids is 2. The van der Waals surface area contributed by atoms with Gasteiger partial charge in [0.05, 0.1) is 11.1 Å². The number of hydrogen-bond acceptors (Lipinski definition) is 4. The van der Waals surface area contributed by atoms with Crippen LogP contribution in [0.25, 0.3) is 32.9 Å². The minimum Gasteiger partial charge on any atom is -0.478 e. The highest BCUT2D eigenvalue weighted by Gasteiger charge is 2.24.